The number of unbranched alkanes of at least 4 members (excludes halogenated alkanes) is 2. The molecule has 15 heavy (non-hydrogen) atoms. The van der Waals surface area contributed by atoms with Crippen LogP contribution in [-0.2, 0) is 0 Å². The van der Waals surface area contributed by atoms with Crippen molar-refractivity contribution in [2.24, 2.45) is 17.8 Å². The highest BCUT2D eigenvalue weighted by molar-refractivity contribution is 4.65. The predicted octanol–water partition coefficient (Wildman–Crippen LogP) is 5.67. The second kappa shape index (κ2) is 9.24. The standard InChI is InChI=1S/C15H32/c1-6-8-9-11-13(3)12-15(5)14(4)10-7-2/h13-15H,6-12H2,1-5H3. The highest BCUT2D eigenvalue weighted by Gasteiger charge is 2.14. The van der Waals surface area contributed by atoms with Gasteiger partial charge in [-0.1, -0.05) is 73.1 Å². The summed E-state index contributed by atoms with van der Waals surface area (Å²) in [6.45, 7) is 11.9. The largest absolute Gasteiger partial charge is 0.0654 e. The van der Waals surface area contributed by atoms with E-state index < -0.39 is 0 Å². The maximum Gasteiger partial charge on any atom is -0.0414 e. The molecule has 0 radical (unpaired) electrons. The van der Waals surface area contributed by atoms with Crippen LogP contribution in [0.15, 0.2) is 0 Å². The van der Waals surface area contributed by atoms with Crippen molar-refractivity contribution in [2.45, 2.75) is 79.6 Å². The van der Waals surface area contributed by atoms with Crippen LogP contribution < -0.4 is 0 Å². The summed E-state index contributed by atoms with van der Waals surface area (Å²) in [5, 5.41) is 0. The van der Waals surface area contributed by atoms with Crippen molar-refractivity contribution < 1.29 is 0 Å². The van der Waals surface area contributed by atoms with Crippen LogP contribution >= 0.6 is 0 Å². The third-order valence-corrected chi connectivity index (χ3v) is 3.79. The number of rotatable bonds is 9. The van der Waals surface area contributed by atoms with Crippen molar-refractivity contribution in [3.8, 4) is 0 Å². The Kier molecular flexibility index (Phi) is 9.24. The normalized spacial score (nSPS) is 17.4. The minimum absolute atomic E-state index is 0.918. The Hall–Kier alpha value is 0. The Labute approximate surface area is 97.8 Å². The molecular weight excluding hydrogens is 180 g/mol. The molecule has 3 unspecified atom stereocenters. The Morgan fingerprint density at radius 1 is 0.733 bits per heavy atom. The molecular formula is C15H32. The molecule has 0 saturated heterocycles. The molecule has 0 nitrogen and oxygen atoms in total. The van der Waals surface area contributed by atoms with E-state index in [2.05, 4.69) is 34.6 Å². The smallest absolute Gasteiger partial charge is 0.0414 e. The van der Waals surface area contributed by atoms with Crippen LogP contribution in [0.1, 0.15) is 79.6 Å². The Bertz CT molecular complexity index is 128. The summed E-state index contributed by atoms with van der Waals surface area (Å²) in [6, 6.07) is 0. The fourth-order valence-electron chi connectivity index (χ4n) is 2.47. The average Bonchev–Trinajstić information content (AvgIpc) is 2.18. The van der Waals surface area contributed by atoms with E-state index in [0.29, 0.717) is 0 Å². The van der Waals surface area contributed by atoms with Gasteiger partial charge in [-0.2, -0.15) is 0 Å². The van der Waals surface area contributed by atoms with Gasteiger partial charge in [-0.25, -0.2) is 0 Å². The summed E-state index contributed by atoms with van der Waals surface area (Å²) >= 11 is 0. The van der Waals surface area contributed by atoms with E-state index >= 15 is 0 Å². The van der Waals surface area contributed by atoms with Gasteiger partial charge in [-0.05, 0) is 24.2 Å². The lowest BCUT2D eigenvalue weighted by molar-refractivity contribution is 0.287. The molecule has 0 aliphatic heterocycles. The first kappa shape index (κ1) is 15.0. The molecule has 0 amide bonds. The molecule has 92 valence electrons. The SMILES string of the molecule is CCCCCC(C)CC(C)C(C)CCC. The Morgan fingerprint density at radius 2 is 1.40 bits per heavy atom. The van der Waals surface area contributed by atoms with Crippen LogP contribution in [0.2, 0.25) is 0 Å². The first-order valence-corrected chi connectivity index (χ1v) is 7.11. The Balaban J connectivity index is 3.60. The first-order valence-electron chi connectivity index (χ1n) is 7.11. The van der Waals surface area contributed by atoms with Crippen LogP contribution in [0.3, 0.4) is 0 Å². The van der Waals surface area contributed by atoms with Crippen LogP contribution in [0, 0.1) is 17.8 Å². The fraction of sp³-hybridized carbons (Fsp3) is 1.00. The van der Waals surface area contributed by atoms with E-state index in [0.717, 1.165) is 17.8 Å². The molecule has 0 fully saturated rings. The number of hydrogen-bond donors (Lipinski definition) is 0. The van der Waals surface area contributed by atoms with E-state index in [9.17, 15) is 0 Å². The van der Waals surface area contributed by atoms with Gasteiger partial charge in [0.25, 0.3) is 0 Å². The zero-order chi connectivity index (χ0) is 11.7. The lowest BCUT2D eigenvalue weighted by Gasteiger charge is -2.22. The van der Waals surface area contributed by atoms with Crippen molar-refractivity contribution in [1.82, 2.24) is 0 Å². The summed E-state index contributed by atoms with van der Waals surface area (Å²) in [7, 11) is 0. The quantitative estimate of drug-likeness (QED) is 0.432. The van der Waals surface area contributed by atoms with Crippen molar-refractivity contribution >= 4 is 0 Å². The third-order valence-electron chi connectivity index (χ3n) is 3.79. The molecule has 0 heteroatoms. The second-order valence-electron chi connectivity index (χ2n) is 5.58. The summed E-state index contributed by atoms with van der Waals surface area (Å²) in [6.07, 6.45) is 9.84. The number of hydrogen-bond acceptors (Lipinski definition) is 0. The van der Waals surface area contributed by atoms with E-state index in [-0.39, 0.29) is 0 Å². The maximum absolute atomic E-state index is 2.44. The third kappa shape index (κ3) is 7.88. The molecule has 0 aromatic rings. The molecule has 0 bridgehead atoms. The zero-order valence-electron chi connectivity index (χ0n) is 11.7. The summed E-state index contributed by atoms with van der Waals surface area (Å²) < 4.78 is 0. The maximum atomic E-state index is 2.44. The van der Waals surface area contributed by atoms with Gasteiger partial charge in [0.15, 0.2) is 0 Å². The van der Waals surface area contributed by atoms with Crippen LogP contribution in [0.25, 0.3) is 0 Å². The first-order chi connectivity index (χ1) is 7.11. The van der Waals surface area contributed by atoms with Gasteiger partial charge >= 0.3 is 0 Å². The fourth-order valence-corrected chi connectivity index (χ4v) is 2.47. The lowest BCUT2D eigenvalue weighted by atomic mass is 9.83. The summed E-state index contributed by atoms with van der Waals surface area (Å²) in [5.41, 5.74) is 0. The van der Waals surface area contributed by atoms with Gasteiger partial charge in [-0.3, -0.25) is 0 Å². The van der Waals surface area contributed by atoms with Gasteiger partial charge in [-0.15, -0.1) is 0 Å². The Morgan fingerprint density at radius 3 is 1.93 bits per heavy atom. The van der Waals surface area contributed by atoms with Gasteiger partial charge < -0.3 is 0 Å². The molecule has 0 spiro atoms. The minimum Gasteiger partial charge on any atom is -0.0654 e. The lowest BCUT2D eigenvalue weighted by Crippen LogP contribution is -2.11. The van der Waals surface area contributed by atoms with E-state index in [4.69, 9.17) is 0 Å². The van der Waals surface area contributed by atoms with Gasteiger partial charge in [0.05, 0.1) is 0 Å². The molecule has 3 atom stereocenters. The monoisotopic (exact) mass is 212 g/mol. The summed E-state index contributed by atoms with van der Waals surface area (Å²) in [5.74, 6) is 2.77. The van der Waals surface area contributed by atoms with E-state index in [1.54, 1.807) is 0 Å². The van der Waals surface area contributed by atoms with Crippen molar-refractivity contribution in [2.75, 3.05) is 0 Å². The predicted molar refractivity (Wildman–Crippen MR) is 71.2 cm³/mol. The van der Waals surface area contributed by atoms with Crippen LogP contribution in [-0.4, -0.2) is 0 Å². The molecule has 0 aromatic carbocycles. The van der Waals surface area contributed by atoms with Gasteiger partial charge in [0.1, 0.15) is 0 Å². The molecule has 0 rings (SSSR count). The molecule has 0 saturated carbocycles. The molecule has 0 aliphatic carbocycles. The highest BCUT2D eigenvalue weighted by atomic mass is 14.2. The van der Waals surface area contributed by atoms with E-state index in [1.807, 2.05) is 0 Å². The van der Waals surface area contributed by atoms with Crippen LogP contribution in [0.4, 0.5) is 0 Å². The second-order valence-corrected chi connectivity index (χ2v) is 5.58. The molecule has 0 aromatic heterocycles. The van der Waals surface area contributed by atoms with Crippen LogP contribution in [0.5, 0.6) is 0 Å². The minimum atomic E-state index is 0.918. The molecule has 0 heterocycles. The van der Waals surface area contributed by atoms with Gasteiger partial charge in [0, 0.05) is 0 Å². The summed E-state index contributed by atoms with van der Waals surface area (Å²) in [4.78, 5) is 0. The van der Waals surface area contributed by atoms with Crippen molar-refractivity contribution in [3.63, 3.8) is 0 Å². The highest BCUT2D eigenvalue weighted by Crippen LogP contribution is 2.26. The topological polar surface area (TPSA) is 0 Å². The average molecular weight is 212 g/mol. The zero-order valence-corrected chi connectivity index (χ0v) is 11.7. The molecule has 0 aliphatic rings. The van der Waals surface area contributed by atoms with Crippen molar-refractivity contribution in [3.05, 3.63) is 0 Å². The van der Waals surface area contributed by atoms with Gasteiger partial charge in [0.2, 0.25) is 0 Å². The molecule has 0 N–H and O–H groups in total. The van der Waals surface area contributed by atoms with E-state index in [1.165, 1.54) is 44.9 Å². The van der Waals surface area contributed by atoms with Crippen molar-refractivity contribution in [1.29, 1.82) is 0 Å².